The van der Waals surface area contributed by atoms with E-state index in [1.807, 2.05) is 6.07 Å². The van der Waals surface area contributed by atoms with Crippen LogP contribution in [-0.4, -0.2) is 37.2 Å². The Morgan fingerprint density at radius 2 is 2.00 bits per heavy atom. The van der Waals surface area contributed by atoms with Crippen molar-refractivity contribution in [2.75, 3.05) is 20.2 Å². The lowest BCUT2D eigenvalue weighted by molar-refractivity contribution is 0.196. The Morgan fingerprint density at radius 1 is 1.25 bits per heavy atom. The molecule has 0 aliphatic heterocycles. The van der Waals surface area contributed by atoms with Gasteiger partial charge in [0.2, 0.25) is 0 Å². The van der Waals surface area contributed by atoms with E-state index < -0.39 is 0 Å². The minimum atomic E-state index is 0.503. The molecule has 0 radical (unpaired) electrons. The Balaban J connectivity index is 2.38. The second-order valence-electron chi connectivity index (χ2n) is 5.77. The minimum absolute atomic E-state index is 0.503. The van der Waals surface area contributed by atoms with Gasteiger partial charge in [-0.25, -0.2) is 0 Å². The predicted molar refractivity (Wildman–Crippen MR) is 86.3 cm³/mol. The summed E-state index contributed by atoms with van der Waals surface area (Å²) in [5.74, 6) is 0.964. The average Bonchev–Trinajstić information content (AvgIpc) is 2.44. The molecule has 3 nitrogen and oxygen atoms in total. The lowest BCUT2D eigenvalue weighted by Crippen LogP contribution is -2.32. The van der Waals surface area contributed by atoms with Crippen LogP contribution in [0.15, 0.2) is 24.3 Å². The summed E-state index contributed by atoms with van der Waals surface area (Å²) in [6, 6.07) is 9.46. The number of nitrogens with one attached hydrogen (secondary N) is 1. The summed E-state index contributed by atoms with van der Waals surface area (Å²) in [4.78, 5) is 2.34. The summed E-state index contributed by atoms with van der Waals surface area (Å²) in [7, 11) is 2.15. The van der Waals surface area contributed by atoms with E-state index in [0.29, 0.717) is 12.1 Å². The maximum atomic E-state index is 5.85. The molecule has 3 heteroatoms. The first-order valence-electron chi connectivity index (χ1n) is 7.68. The van der Waals surface area contributed by atoms with E-state index in [1.54, 1.807) is 0 Å². The zero-order chi connectivity index (χ0) is 15.0. The van der Waals surface area contributed by atoms with Crippen molar-refractivity contribution in [2.45, 2.75) is 52.7 Å². The van der Waals surface area contributed by atoms with E-state index in [4.69, 9.17) is 4.74 Å². The number of likely N-dealkylation sites (N-methyl/N-ethyl adjacent to an activating group) is 1. The first-order valence-corrected chi connectivity index (χ1v) is 7.68. The van der Waals surface area contributed by atoms with Crippen molar-refractivity contribution in [3.63, 3.8) is 0 Å². The topological polar surface area (TPSA) is 24.5 Å². The molecule has 20 heavy (non-hydrogen) atoms. The van der Waals surface area contributed by atoms with Crippen molar-refractivity contribution >= 4 is 0 Å². The lowest BCUT2D eigenvalue weighted by Gasteiger charge is -2.23. The normalized spacial score (nSPS) is 12.9. The third-order valence-electron chi connectivity index (χ3n) is 3.67. The van der Waals surface area contributed by atoms with E-state index >= 15 is 0 Å². The summed E-state index contributed by atoms with van der Waals surface area (Å²) >= 11 is 0. The number of hydrogen-bond donors (Lipinski definition) is 1. The maximum Gasteiger partial charge on any atom is 0.119 e. The van der Waals surface area contributed by atoms with Gasteiger partial charge in [-0.05, 0) is 38.1 Å². The molecule has 0 heterocycles. The van der Waals surface area contributed by atoms with Gasteiger partial charge in [0.15, 0.2) is 0 Å². The second-order valence-corrected chi connectivity index (χ2v) is 5.77. The quantitative estimate of drug-likeness (QED) is 0.750. The predicted octanol–water partition coefficient (Wildman–Crippen LogP) is 3.29. The summed E-state index contributed by atoms with van der Waals surface area (Å²) in [5, 5.41) is 3.42. The zero-order valence-corrected chi connectivity index (χ0v) is 13.6. The summed E-state index contributed by atoms with van der Waals surface area (Å²) in [6.45, 7) is 11.4. The molecular weight excluding hydrogens is 248 g/mol. The molecule has 0 aliphatic carbocycles. The van der Waals surface area contributed by atoms with Crippen LogP contribution in [0, 0.1) is 0 Å². The van der Waals surface area contributed by atoms with Crippen LogP contribution in [0.5, 0.6) is 5.75 Å². The van der Waals surface area contributed by atoms with Crippen LogP contribution in [0.25, 0.3) is 0 Å². The van der Waals surface area contributed by atoms with Gasteiger partial charge in [-0.3, -0.25) is 0 Å². The zero-order valence-electron chi connectivity index (χ0n) is 13.6. The molecular formula is C17H30N2O. The van der Waals surface area contributed by atoms with Crippen molar-refractivity contribution in [3.8, 4) is 5.75 Å². The first kappa shape index (κ1) is 17.0. The number of rotatable bonds is 9. The Labute approximate surface area is 124 Å². The summed E-state index contributed by atoms with van der Waals surface area (Å²) in [6.07, 6.45) is 1.17. The molecule has 1 N–H and O–H groups in total. The molecule has 0 aromatic heterocycles. The molecule has 0 amide bonds. The highest BCUT2D eigenvalue weighted by Gasteiger charge is 2.06. The van der Waals surface area contributed by atoms with Crippen LogP contribution >= 0.6 is 0 Å². The fraction of sp³-hybridized carbons (Fsp3) is 0.647. The molecule has 114 valence electrons. The summed E-state index contributed by atoms with van der Waals surface area (Å²) < 4.78 is 5.85. The molecule has 0 bridgehead atoms. The molecule has 1 atom stereocenters. The van der Waals surface area contributed by atoms with Gasteiger partial charge in [0.1, 0.15) is 12.4 Å². The highest BCUT2D eigenvalue weighted by molar-refractivity contribution is 5.28. The van der Waals surface area contributed by atoms with Crippen molar-refractivity contribution in [1.82, 2.24) is 10.2 Å². The Morgan fingerprint density at radius 3 is 2.65 bits per heavy atom. The van der Waals surface area contributed by atoms with Crippen LogP contribution in [0.4, 0.5) is 0 Å². The first-order chi connectivity index (χ1) is 9.52. The molecule has 1 unspecified atom stereocenters. The molecule has 1 rings (SSSR count). The SMILES string of the molecule is CCC(C)N(C)CCOc1cccc(CNC(C)C)c1. The largest absolute Gasteiger partial charge is 0.492 e. The van der Waals surface area contributed by atoms with Gasteiger partial charge in [-0.1, -0.05) is 32.9 Å². The van der Waals surface area contributed by atoms with Crippen LogP contribution < -0.4 is 10.1 Å². The van der Waals surface area contributed by atoms with Gasteiger partial charge in [-0.15, -0.1) is 0 Å². The third-order valence-corrected chi connectivity index (χ3v) is 3.67. The fourth-order valence-electron chi connectivity index (χ4n) is 1.91. The molecule has 0 fully saturated rings. The van der Waals surface area contributed by atoms with Crippen LogP contribution in [0.1, 0.15) is 39.7 Å². The van der Waals surface area contributed by atoms with E-state index in [2.05, 4.69) is 63.2 Å². The maximum absolute atomic E-state index is 5.85. The van der Waals surface area contributed by atoms with E-state index in [-0.39, 0.29) is 0 Å². The molecule has 0 saturated carbocycles. The van der Waals surface area contributed by atoms with Crippen molar-refractivity contribution in [3.05, 3.63) is 29.8 Å². The smallest absolute Gasteiger partial charge is 0.119 e. The number of nitrogens with zero attached hydrogens (tertiary/aromatic N) is 1. The Kier molecular flexibility index (Phi) is 7.63. The van der Waals surface area contributed by atoms with Crippen molar-refractivity contribution < 1.29 is 4.74 Å². The highest BCUT2D eigenvalue weighted by atomic mass is 16.5. The van der Waals surface area contributed by atoms with E-state index in [9.17, 15) is 0 Å². The van der Waals surface area contributed by atoms with Gasteiger partial charge in [0.05, 0.1) is 0 Å². The van der Waals surface area contributed by atoms with Crippen LogP contribution in [0.2, 0.25) is 0 Å². The van der Waals surface area contributed by atoms with Gasteiger partial charge in [0.25, 0.3) is 0 Å². The van der Waals surface area contributed by atoms with Crippen molar-refractivity contribution in [1.29, 1.82) is 0 Å². The Bertz CT molecular complexity index is 379. The number of benzene rings is 1. The highest BCUT2D eigenvalue weighted by Crippen LogP contribution is 2.13. The van der Waals surface area contributed by atoms with Crippen LogP contribution in [0.3, 0.4) is 0 Å². The average molecular weight is 278 g/mol. The second kappa shape index (κ2) is 8.98. The number of ether oxygens (including phenoxy) is 1. The lowest BCUT2D eigenvalue weighted by atomic mass is 10.2. The molecule has 1 aromatic carbocycles. The molecule has 0 saturated heterocycles. The standard InChI is InChI=1S/C17H30N2O/c1-6-15(4)19(5)10-11-20-17-9-7-8-16(12-17)13-18-14(2)3/h7-9,12,14-15,18H,6,10-11,13H2,1-5H3. The monoisotopic (exact) mass is 278 g/mol. The molecule has 0 spiro atoms. The van der Waals surface area contributed by atoms with Gasteiger partial charge < -0.3 is 15.0 Å². The third kappa shape index (κ3) is 6.40. The van der Waals surface area contributed by atoms with E-state index in [1.165, 1.54) is 12.0 Å². The number of hydrogen-bond acceptors (Lipinski definition) is 3. The minimum Gasteiger partial charge on any atom is -0.492 e. The molecule has 0 aliphatic rings. The fourth-order valence-corrected chi connectivity index (χ4v) is 1.91. The van der Waals surface area contributed by atoms with Gasteiger partial charge in [-0.2, -0.15) is 0 Å². The molecule has 1 aromatic rings. The Hall–Kier alpha value is -1.06. The van der Waals surface area contributed by atoms with Gasteiger partial charge >= 0.3 is 0 Å². The summed E-state index contributed by atoms with van der Waals surface area (Å²) in [5.41, 5.74) is 1.27. The van der Waals surface area contributed by atoms with E-state index in [0.717, 1.165) is 25.4 Å². The van der Waals surface area contributed by atoms with Crippen LogP contribution in [-0.2, 0) is 6.54 Å². The van der Waals surface area contributed by atoms with Crippen molar-refractivity contribution in [2.24, 2.45) is 0 Å². The van der Waals surface area contributed by atoms with Gasteiger partial charge in [0, 0.05) is 25.2 Å².